The van der Waals surface area contributed by atoms with Gasteiger partial charge < -0.3 is 5.32 Å². The van der Waals surface area contributed by atoms with Crippen LogP contribution >= 0.6 is 23.2 Å². The minimum atomic E-state index is -0.275. The molecule has 0 saturated heterocycles. The Bertz CT molecular complexity index is 918. The summed E-state index contributed by atoms with van der Waals surface area (Å²) in [6, 6.07) is 16.6. The third kappa shape index (κ3) is 4.72. The highest BCUT2D eigenvalue weighted by atomic mass is 35.5. The van der Waals surface area contributed by atoms with Crippen LogP contribution in [0.15, 0.2) is 66.9 Å². The second kappa shape index (κ2) is 8.01. The van der Waals surface area contributed by atoms with E-state index in [1.807, 2.05) is 42.5 Å². The Morgan fingerprint density at radius 3 is 2.52 bits per heavy atom. The monoisotopic (exact) mass is 371 g/mol. The fourth-order valence-electron chi connectivity index (χ4n) is 2.26. The molecule has 0 atom stereocenters. The molecule has 0 aliphatic rings. The lowest BCUT2D eigenvalue weighted by Crippen LogP contribution is -2.09. The summed E-state index contributed by atoms with van der Waals surface area (Å²) in [6.45, 7) is 0.533. The van der Waals surface area contributed by atoms with Gasteiger partial charge in [0.2, 0.25) is 5.91 Å². The number of amides is 1. The predicted octanol–water partition coefficient (Wildman–Crippen LogP) is 4.89. The van der Waals surface area contributed by atoms with Crippen molar-refractivity contribution in [1.29, 1.82) is 0 Å². The molecular formula is C19H15Cl2N3O. The topological polar surface area (TPSA) is 46.9 Å². The van der Waals surface area contributed by atoms with Crippen LogP contribution < -0.4 is 5.32 Å². The molecule has 0 unspecified atom stereocenters. The van der Waals surface area contributed by atoms with Crippen molar-refractivity contribution < 1.29 is 4.79 Å². The summed E-state index contributed by atoms with van der Waals surface area (Å²) >= 11 is 12.2. The molecule has 1 N–H and O–H groups in total. The number of benzene rings is 2. The molecule has 0 bridgehead atoms. The smallest absolute Gasteiger partial charge is 0.249 e. The first-order valence-corrected chi connectivity index (χ1v) is 8.38. The highest BCUT2D eigenvalue weighted by Gasteiger charge is 2.05. The van der Waals surface area contributed by atoms with E-state index >= 15 is 0 Å². The Hall–Kier alpha value is -2.56. The van der Waals surface area contributed by atoms with Crippen LogP contribution in [0.3, 0.4) is 0 Å². The summed E-state index contributed by atoms with van der Waals surface area (Å²) in [5, 5.41) is 8.32. The van der Waals surface area contributed by atoms with Gasteiger partial charge in [0.05, 0.1) is 6.54 Å². The molecule has 3 aromatic rings. The summed E-state index contributed by atoms with van der Waals surface area (Å²) in [5.41, 5.74) is 1.74. The number of hydrogen-bond acceptors (Lipinski definition) is 2. The minimum absolute atomic E-state index is 0.275. The van der Waals surface area contributed by atoms with E-state index in [0.29, 0.717) is 22.4 Å². The number of carbonyl (C=O) groups is 1. The number of aromatic nitrogens is 2. The van der Waals surface area contributed by atoms with Crippen molar-refractivity contribution in [3.05, 3.63) is 88.0 Å². The van der Waals surface area contributed by atoms with Crippen LogP contribution in [-0.4, -0.2) is 15.7 Å². The summed E-state index contributed by atoms with van der Waals surface area (Å²) in [6.07, 6.45) is 4.88. The molecule has 1 aromatic heterocycles. The second-order valence-corrected chi connectivity index (χ2v) is 6.15. The molecule has 0 radical (unpaired) electrons. The van der Waals surface area contributed by atoms with Crippen molar-refractivity contribution in [1.82, 2.24) is 9.78 Å². The molecular weight excluding hydrogens is 357 g/mol. The molecule has 25 heavy (non-hydrogen) atoms. The fraction of sp³-hybridized carbons (Fsp3) is 0.0526. The van der Waals surface area contributed by atoms with E-state index in [1.165, 1.54) is 6.08 Å². The van der Waals surface area contributed by atoms with E-state index < -0.39 is 0 Å². The van der Waals surface area contributed by atoms with Gasteiger partial charge in [0.15, 0.2) is 5.82 Å². The maximum Gasteiger partial charge on any atom is 0.249 e. The summed E-state index contributed by atoms with van der Waals surface area (Å²) in [4.78, 5) is 12.0. The summed E-state index contributed by atoms with van der Waals surface area (Å²) in [7, 11) is 0. The molecule has 1 heterocycles. The van der Waals surface area contributed by atoms with Crippen molar-refractivity contribution in [2.45, 2.75) is 6.54 Å². The highest BCUT2D eigenvalue weighted by molar-refractivity contribution is 6.32. The molecule has 3 rings (SSSR count). The van der Waals surface area contributed by atoms with Crippen molar-refractivity contribution in [2.24, 2.45) is 0 Å². The lowest BCUT2D eigenvalue weighted by Gasteiger charge is -2.04. The van der Waals surface area contributed by atoms with Crippen LogP contribution in [0.4, 0.5) is 5.82 Å². The van der Waals surface area contributed by atoms with Gasteiger partial charge in [-0.3, -0.25) is 9.48 Å². The van der Waals surface area contributed by atoms with E-state index in [-0.39, 0.29) is 5.91 Å². The third-order valence-electron chi connectivity index (χ3n) is 3.50. The molecule has 6 heteroatoms. The van der Waals surface area contributed by atoms with Gasteiger partial charge in [-0.15, -0.1) is 0 Å². The molecule has 0 spiro atoms. The number of nitrogens with one attached hydrogen (secondary N) is 1. The van der Waals surface area contributed by atoms with E-state index in [0.717, 1.165) is 11.1 Å². The normalized spacial score (nSPS) is 11.0. The number of anilines is 1. The molecule has 0 aliphatic carbocycles. The zero-order chi connectivity index (χ0) is 17.6. The number of hydrogen-bond donors (Lipinski definition) is 1. The van der Waals surface area contributed by atoms with Crippen LogP contribution in [-0.2, 0) is 11.3 Å². The average Bonchev–Trinajstić information content (AvgIpc) is 3.03. The zero-order valence-electron chi connectivity index (χ0n) is 13.2. The van der Waals surface area contributed by atoms with Gasteiger partial charge >= 0.3 is 0 Å². The number of nitrogens with zero attached hydrogens (tertiary/aromatic N) is 2. The molecule has 0 fully saturated rings. The maximum atomic E-state index is 12.0. The molecule has 0 aliphatic heterocycles. The molecule has 4 nitrogen and oxygen atoms in total. The van der Waals surface area contributed by atoms with E-state index in [4.69, 9.17) is 23.2 Å². The van der Waals surface area contributed by atoms with E-state index in [2.05, 4.69) is 10.4 Å². The summed E-state index contributed by atoms with van der Waals surface area (Å²) in [5.74, 6) is 0.198. The minimum Gasteiger partial charge on any atom is -0.306 e. The first-order valence-electron chi connectivity index (χ1n) is 7.62. The standard InChI is InChI=1S/C19H15Cl2N3O/c20-16-7-3-1-5-14(16)9-10-19(25)22-18-11-12-24(23-18)13-15-6-2-4-8-17(15)21/h1-12H,13H2,(H,22,23,25)/b10-9+. The highest BCUT2D eigenvalue weighted by Crippen LogP contribution is 2.17. The second-order valence-electron chi connectivity index (χ2n) is 5.33. The van der Waals surface area contributed by atoms with Crippen molar-refractivity contribution >= 4 is 41.0 Å². The van der Waals surface area contributed by atoms with E-state index in [9.17, 15) is 4.79 Å². The van der Waals surface area contributed by atoms with Crippen LogP contribution in [0.2, 0.25) is 10.0 Å². The third-order valence-corrected chi connectivity index (χ3v) is 4.21. The predicted molar refractivity (Wildman–Crippen MR) is 102 cm³/mol. The van der Waals surface area contributed by atoms with Crippen LogP contribution in [0.5, 0.6) is 0 Å². The van der Waals surface area contributed by atoms with Gasteiger partial charge in [0.25, 0.3) is 0 Å². The Kier molecular flexibility index (Phi) is 5.53. The Morgan fingerprint density at radius 1 is 1.04 bits per heavy atom. The Balaban J connectivity index is 1.62. The maximum absolute atomic E-state index is 12.0. The molecule has 1 amide bonds. The van der Waals surface area contributed by atoms with Crippen molar-refractivity contribution in [3.8, 4) is 0 Å². The lowest BCUT2D eigenvalue weighted by molar-refractivity contribution is -0.111. The van der Waals surface area contributed by atoms with Gasteiger partial charge in [0, 0.05) is 28.4 Å². The lowest BCUT2D eigenvalue weighted by atomic mass is 10.2. The Labute approximate surface area is 155 Å². The van der Waals surface area contributed by atoms with Crippen LogP contribution in [0.25, 0.3) is 6.08 Å². The quantitative estimate of drug-likeness (QED) is 0.649. The molecule has 2 aromatic carbocycles. The fourth-order valence-corrected chi connectivity index (χ4v) is 2.66. The first kappa shape index (κ1) is 17.3. The van der Waals surface area contributed by atoms with Crippen molar-refractivity contribution in [2.75, 3.05) is 5.32 Å². The number of halogens is 2. The van der Waals surface area contributed by atoms with Crippen LogP contribution in [0.1, 0.15) is 11.1 Å². The zero-order valence-corrected chi connectivity index (χ0v) is 14.7. The average molecular weight is 372 g/mol. The Morgan fingerprint density at radius 2 is 1.76 bits per heavy atom. The summed E-state index contributed by atoms with van der Waals surface area (Å²) < 4.78 is 1.72. The van der Waals surface area contributed by atoms with Gasteiger partial charge in [-0.2, -0.15) is 5.10 Å². The van der Waals surface area contributed by atoms with Crippen LogP contribution in [0, 0.1) is 0 Å². The van der Waals surface area contributed by atoms with E-state index in [1.54, 1.807) is 29.1 Å². The number of rotatable bonds is 5. The SMILES string of the molecule is O=C(/C=C/c1ccccc1Cl)Nc1ccn(Cc2ccccc2Cl)n1. The van der Waals surface area contributed by atoms with Gasteiger partial charge in [-0.25, -0.2) is 0 Å². The van der Waals surface area contributed by atoms with Gasteiger partial charge in [0.1, 0.15) is 0 Å². The first-order chi connectivity index (χ1) is 12.1. The largest absolute Gasteiger partial charge is 0.306 e. The van der Waals surface area contributed by atoms with Crippen molar-refractivity contribution in [3.63, 3.8) is 0 Å². The number of carbonyl (C=O) groups excluding carboxylic acids is 1. The molecule has 0 saturated carbocycles. The molecule has 126 valence electrons. The van der Waals surface area contributed by atoms with Gasteiger partial charge in [-0.05, 0) is 29.3 Å². The van der Waals surface area contributed by atoms with Gasteiger partial charge in [-0.1, -0.05) is 59.6 Å².